The molecule has 5 rings (SSSR count). The number of ether oxygens (including phenoxy) is 2. The van der Waals surface area contributed by atoms with Gasteiger partial charge in [-0.3, -0.25) is 14.5 Å². The number of hydrogen-bond donors (Lipinski definition) is 1. The first-order valence-corrected chi connectivity index (χ1v) is 11.9. The molecule has 1 aliphatic carbocycles. The smallest absolute Gasteiger partial charge is 0.325 e. The molecule has 2 aromatic carbocycles. The van der Waals surface area contributed by atoms with Crippen molar-refractivity contribution in [2.75, 3.05) is 20.8 Å². The molecule has 8 heteroatoms. The third-order valence-corrected chi connectivity index (χ3v) is 7.15. The number of urea groups is 1. The summed E-state index contributed by atoms with van der Waals surface area (Å²) in [4.78, 5) is 41.6. The maximum Gasteiger partial charge on any atom is 0.325 e. The summed E-state index contributed by atoms with van der Waals surface area (Å²) in [7, 11) is 3.12. The Hall–Kier alpha value is -4.07. The van der Waals surface area contributed by atoms with E-state index in [0.717, 1.165) is 29.1 Å². The van der Waals surface area contributed by atoms with E-state index in [2.05, 4.69) is 9.88 Å². The van der Waals surface area contributed by atoms with Crippen LogP contribution in [0.4, 0.5) is 4.79 Å². The van der Waals surface area contributed by atoms with Gasteiger partial charge in [0.2, 0.25) is 0 Å². The van der Waals surface area contributed by atoms with Crippen molar-refractivity contribution in [3.8, 4) is 11.5 Å². The molecule has 1 saturated heterocycles. The summed E-state index contributed by atoms with van der Waals surface area (Å²) in [6, 6.07) is 15.6. The van der Waals surface area contributed by atoms with Crippen LogP contribution in [0.2, 0.25) is 0 Å². The monoisotopic (exact) mass is 487 g/mol. The van der Waals surface area contributed by atoms with Crippen LogP contribution < -0.4 is 14.8 Å². The highest BCUT2D eigenvalue weighted by atomic mass is 16.5. The normalized spacial score (nSPS) is 16.7. The van der Waals surface area contributed by atoms with Gasteiger partial charge in [0.25, 0.3) is 5.91 Å². The Morgan fingerprint density at radius 3 is 1.94 bits per heavy atom. The number of ketones is 1. The summed E-state index contributed by atoms with van der Waals surface area (Å²) in [6.45, 7) is 3.56. The Labute approximate surface area is 209 Å². The van der Waals surface area contributed by atoms with E-state index < -0.39 is 17.5 Å². The first kappa shape index (κ1) is 23.7. The molecule has 1 N–H and O–H groups in total. The predicted molar refractivity (Wildman–Crippen MR) is 134 cm³/mol. The Morgan fingerprint density at radius 1 is 0.944 bits per heavy atom. The SMILES string of the molecule is COc1ccc(C2(c3ccc(OC)cc3)NC(=O)N(CC(=O)c3cc(C)n(C4CC4)c3C)C2=O)cc1. The molecule has 2 fully saturated rings. The van der Waals surface area contributed by atoms with Crippen molar-refractivity contribution in [2.45, 2.75) is 38.3 Å². The topological polar surface area (TPSA) is 89.9 Å². The average molecular weight is 488 g/mol. The van der Waals surface area contributed by atoms with Crippen LogP contribution in [0.3, 0.4) is 0 Å². The fourth-order valence-corrected chi connectivity index (χ4v) is 5.14. The summed E-state index contributed by atoms with van der Waals surface area (Å²) < 4.78 is 12.7. The Bertz CT molecular complexity index is 1290. The number of aromatic nitrogens is 1. The van der Waals surface area contributed by atoms with Gasteiger partial charge in [-0.2, -0.15) is 0 Å². The second kappa shape index (κ2) is 8.86. The van der Waals surface area contributed by atoms with Crippen LogP contribution in [0.1, 0.15) is 51.8 Å². The molecule has 2 aliphatic rings. The van der Waals surface area contributed by atoms with E-state index in [0.29, 0.717) is 34.2 Å². The molecule has 2 heterocycles. The third-order valence-electron chi connectivity index (χ3n) is 7.15. The summed E-state index contributed by atoms with van der Waals surface area (Å²) >= 11 is 0. The number of amides is 3. The maximum atomic E-state index is 14.0. The van der Waals surface area contributed by atoms with Gasteiger partial charge in [0.1, 0.15) is 11.5 Å². The highest BCUT2D eigenvalue weighted by molar-refractivity contribution is 6.13. The average Bonchev–Trinajstić information content (AvgIpc) is 3.64. The van der Waals surface area contributed by atoms with Crippen molar-refractivity contribution in [3.05, 3.63) is 82.7 Å². The van der Waals surface area contributed by atoms with Crippen molar-refractivity contribution < 1.29 is 23.9 Å². The maximum absolute atomic E-state index is 14.0. The van der Waals surface area contributed by atoms with Gasteiger partial charge in [-0.25, -0.2) is 4.79 Å². The molecule has 0 unspecified atom stereocenters. The van der Waals surface area contributed by atoms with Gasteiger partial charge in [0.15, 0.2) is 11.3 Å². The fraction of sp³-hybridized carbons (Fsp3) is 0.321. The number of aryl methyl sites for hydroxylation is 1. The van der Waals surface area contributed by atoms with Crippen molar-refractivity contribution in [1.82, 2.24) is 14.8 Å². The van der Waals surface area contributed by atoms with E-state index in [1.54, 1.807) is 62.8 Å². The molecule has 36 heavy (non-hydrogen) atoms. The number of imide groups is 1. The summed E-state index contributed by atoms with van der Waals surface area (Å²) in [5, 5.41) is 2.89. The molecular formula is C28H29N3O5. The number of Topliss-reactive ketones (excluding diaryl/α,β-unsaturated/α-hetero) is 1. The number of methoxy groups -OCH3 is 2. The number of rotatable bonds is 8. The third kappa shape index (κ3) is 3.73. The van der Waals surface area contributed by atoms with Crippen LogP contribution in [-0.2, 0) is 10.3 Å². The Balaban J connectivity index is 1.51. The Morgan fingerprint density at radius 2 is 1.47 bits per heavy atom. The lowest BCUT2D eigenvalue weighted by Gasteiger charge is -2.28. The van der Waals surface area contributed by atoms with Crippen LogP contribution in [0.5, 0.6) is 11.5 Å². The van der Waals surface area contributed by atoms with Crippen LogP contribution in [0, 0.1) is 13.8 Å². The summed E-state index contributed by atoms with van der Waals surface area (Å²) in [6.07, 6.45) is 2.20. The zero-order valence-corrected chi connectivity index (χ0v) is 20.8. The van der Waals surface area contributed by atoms with E-state index in [1.165, 1.54) is 0 Å². The van der Waals surface area contributed by atoms with Gasteiger partial charge in [-0.15, -0.1) is 0 Å². The molecule has 0 radical (unpaired) electrons. The van der Waals surface area contributed by atoms with E-state index in [4.69, 9.17) is 9.47 Å². The van der Waals surface area contributed by atoms with Gasteiger partial charge < -0.3 is 19.4 Å². The van der Waals surface area contributed by atoms with Crippen LogP contribution in [0.15, 0.2) is 54.6 Å². The minimum atomic E-state index is -1.49. The lowest BCUT2D eigenvalue weighted by Crippen LogP contribution is -2.45. The highest BCUT2D eigenvalue weighted by Crippen LogP contribution is 2.40. The predicted octanol–water partition coefficient (Wildman–Crippen LogP) is 4.14. The van der Waals surface area contributed by atoms with E-state index >= 15 is 0 Å². The summed E-state index contributed by atoms with van der Waals surface area (Å²) in [5.74, 6) is 0.475. The molecule has 0 spiro atoms. The molecule has 3 aromatic rings. The number of nitrogens with one attached hydrogen (secondary N) is 1. The van der Waals surface area contributed by atoms with Gasteiger partial charge >= 0.3 is 6.03 Å². The van der Waals surface area contributed by atoms with Crippen LogP contribution in [0.25, 0.3) is 0 Å². The van der Waals surface area contributed by atoms with Crippen molar-refractivity contribution >= 4 is 17.7 Å². The second-order valence-electron chi connectivity index (χ2n) is 9.34. The van der Waals surface area contributed by atoms with Crippen LogP contribution in [-0.4, -0.2) is 48.0 Å². The van der Waals surface area contributed by atoms with E-state index in [9.17, 15) is 14.4 Å². The van der Waals surface area contributed by atoms with E-state index in [1.807, 2.05) is 19.9 Å². The molecule has 186 valence electrons. The largest absolute Gasteiger partial charge is 0.497 e. The standard InChI is InChI=1S/C28H29N3O5/c1-17-15-24(18(2)31(17)21-9-10-21)25(32)16-30-26(33)28(29-27(30)34,19-5-11-22(35-3)12-6-19)20-7-13-23(36-4)14-8-20/h5-8,11-15,21H,9-10,16H2,1-4H3,(H,29,34). The first-order chi connectivity index (χ1) is 17.3. The minimum Gasteiger partial charge on any atom is -0.497 e. The first-order valence-electron chi connectivity index (χ1n) is 11.9. The van der Waals surface area contributed by atoms with Gasteiger partial charge in [-0.05, 0) is 68.1 Å². The van der Waals surface area contributed by atoms with Crippen molar-refractivity contribution in [1.29, 1.82) is 0 Å². The van der Waals surface area contributed by atoms with Crippen molar-refractivity contribution in [3.63, 3.8) is 0 Å². The van der Waals surface area contributed by atoms with Gasteiger partial charge in [0, 0.05) is 23.0 Å². The zero-order chi connectivity index (χ0) is 25.6. The molecule has 1 aliphatic heterocycles. The van der Waals surface area contributed by atoms with Crippen molar-refractivity contribution in [2.24, 2.45) is 0 Å². The molecule has 1 saturated carbocycles. The van der Waals surface area contributed by atoms with Gasteiger partial charge in [0.05, 0.1) is 20.8 Å². The molecular weight excluding hydrogens is 458 g/mol. The number of carbonyl (C=O) groups is 3. The number of carbonyl (C=O) groups excluding carboxylic acids is 3. The molecule has 3 amide bonds. The highest BCUT2D eigenvalue weighted by Gasteiger charge is 2.54. The van der Waals surface area contributed by atoms with Gasteiger partial charge in [-0.1, -0.05) is 24.3 Å². The lowest BCUT2D eigenvalue weighted by atomic mass is 9.82. The quantitative estimate of drug-likeness (QED) is 0.381. The number of benzene rings is 2. The zero-order valence-electron chi connectivity index (χ0n) is 20.8. The fourth-order valence-electron chi connectivity index (χ4n) is 5.14. The number of hydrogen-bond acceptors (Lipinski definition) is 5. The van der Waals surface area contributed by atoms with Crippen LogP contribution >= 0.6 is 0 Å². The molecule has 0 bridgehead atoms. The molecule has 8 nitrogen and oxygen atoms in total. The number of nitrogens with zero attached hydrogens (tertiary/aromatic N) is 2. The molecule has 1 aromatic heterocycles. The minimum absolute atomic E-state index is 0.265. The lowest BCUT2D eigenvalue weighted by molar-refractivity contribution is -0.129. The molecule has 0 atom stereocenters. The second-order valence-corrected chi connectivity index (χ2v) is 9.34. The van der Waals surface area contributed by atoms with E-state index in [-0.39, 0.29) is 12.3 Å². The Kier molecular flexibility index (Phi) is 5.82. The summed E-state index contributed by atoms with van der Waals surface area (Å²) in [5.41, 5.74) is 2.08.